The van der Waals surface area contributed by atoms with Crippen LogP contribution in [0.3, 0.4) is 0 Å². The summed E-state index contributed by atoms with van der Waals surface area (Å²) in [4.78, 5) is 12.6. The van der Waals surface area contributed by atoms with Gasteiger partial charge in [0.2, 0.25) is 0 Å². The number of hydrogen-bond acceptors (Lipinski definition) is 2. The molecular weight excluding hydrogens is 310 g/mol. The molecule has 0 atom stereocenters. The molecule has 0 spiro atoms. The lowest BCUT2D eigenvalue weighted by molar-refractivity contribution is 0.101. The molecule has 3 aromatic rings. The van der Waals surface area contributed by atoms with E-state index in [2.05, 4.69) is 10.4 Å². The first-order valence-electron chi connectivity index (χ1n) is 7.24. The maximum Gasteiger partial charge on any atom is 0.274 e. The van der Waals surface area contributed by atoms with Crippen LogP contribution in [0.4, 0.5) is 5.69 Å². The summed E-state index contributed by atoms with van der Waals surface area (Å²) in [6.45, 7) is 3.78. The summed E-state index contributed by atoms with van der Waals surface area (Å²) >= 11 is 6.11. The predicted octanol–water partition coefficient (Wildman–Crippen LogP) is 4.39. The van der Waals surface area contributed by atoms with Crippen molar-refractivity contribution < 1.29 is 4.79 Å². The highest BCUT2D eigenvalue weighted by atomic mass is 35.5. The fourth-order valence-corrected chi connectivity index (χ4v) is 2.47. The van der Waals surface area contributed by atoms with Crippen LogP contribution in [-0.4, -0.2) is 15.7 Å². The van der Waals surface area contributed by atoms with Gasteiger partial charge in [0, 0.05) is 10.7 Å². The van der Waals surface area contributed by atoms with Gasteiger partial charge >= 0.3 is 0 Å². The van der Waals surface area contributed by atoms with Crippen LogP contribution in [0.25, 0.3) is 5.69 Å². The third-order valence-electron chi connectivity index (χ3n) is 3.49. The van der Waals surface area contributed by atoms with Crippen LogP contribution in [0.15, 0.2) is 54.6 Å². The number of nitrogens with zero attached hydrogens (tertiary/aromatic N) is 2. The minimum atomic E-state index is -0.227. The molecule has 4 nitrogen and oxygen atoms in total. The molecule has 5 heteroatoms. The second-order valence-corrected chi connectivity index (χ2v) is 5.74. The van der Waals surface area contributed by atoms with Crippen LogP contribution < -0.4 is 5.32 Å². The molecule has 0 fully saturated rings. The number of aromatic nitrogens is 2. The van der Waals surface area contributed by atoms with Crippen molar-refractivity contribution in [1.29, 1.82) is 0 Å². The molecule has 0 aliphatic heterocycles. The molecule has 1 N–H and O–H groups in total. The zero-order valence-corrected chi connectivity index (χ0v) is 13.6. The van der Waals surface area contributed by atoms with Crippen molar-refractivity contribution in [2.75, 3.05) is 5.32 Å². The van der Waals surface area contributed by atoms with Crippen molar-refractivity contribution in [3.05, 3.63) is 76.6 Å². The third kappa shape index (κ3) is 3.27. The second kappa shape index (κ2) is 6.26. The number of carbonyl (C=O) groups is 1. The van der Waals surface area contributed by atoms with E-state index in [0.717, 1.165) is 16.9 Å². The highest BCUT2D eigenvalue weighted by Gasteiger charge is 2.15. The Morgan fingerprint density at radius 2 is 1.83 bits per heavy atom. The zero-order chi connectivity index (χ0) is 16.4. The highest BCUT2D eigenvalue weighted by Crippen LogP contribution is 2.21. The molecule has 0 saturated heterocycles. The second-order valence-electron chi connectivity index (χ2n) is 5.34. The van der Waals surface area contributed by atoms with E-state index in [1.165, 1.54) is 0 Å². The van der Waals surface area contributed by atoms with Crippen molar-refractivity contribution in [1.82, 2.24) is 9.78 Å². The van der Waals surface area contributed by atoms with Gasteiger partial charge in [-0.05, 0) is 49.7 Å². The van der Waals surface area contributed by atoms with Gasteiger partial charge in [-0.25, -0.2) is 4.68 Å². The minimum Gasteiger partial charge on any atom is -0.321 e. The quantitative estimate of drug-likeness (QED) is 0.776. The number of hydrogen-bond donors (Lipinski definition) is 1. The van der Waals surface area contributed by atoms with Crippen LogP contribution in [-0.2, 0) is 0 Å². The summed E-state index contributed by atoms with van der Waals surface area (Å²) in [5, 5.41) is 7.89. The number of nitrogens with one attached hydrogen (secondary N) is 1. The Bertz CT molecular complexity index is 856. The van der Waals surface area contributed by atoms with E-state index < -0.39 is 0 Å². The Kier molecular flexibility index (Phi) is 4.17. The van der Waals surface area contributed by atoms with Gasteiger partial charge in [-0.15, -0.1) is 0 Å². The molecule has 1 aromatic heterocycles. The van der Waals surface area contributed by atoms with E-state index >= 15 is 0 Å². The Balaban J connectivity index is 1.92. The lowest BCUT2D eigenvalue weighted by Gasteiger charge is -2.09. The molecule has 0 unspecified atom stereocenters. The monoisotopic (exact) mass is 325 g/mol. The molecule has 3 rings (SSSR count). The van der Waals surface area contributed by atoms with Crippen LogP contribution in [0, 0.1) is 13.8 Å². The molecule has 0 aliphatic carbocycles. The number of para-hydroxylation sites is 1. The van der Waals surface area contributed by atoms with E-state index in [-0.39, 0.29) is 5.91 Å². The van der Waals surface area contributed by atoms with Crippen molar-refractivity contribution in [3.63, 3.8) is 0 Å². The van der Waals surface area contributed by atoms with Crippen LogP contribution >= 0.6 is 11.6 Å². The number of aryl methyl sites for hydroxylation is 2. The fourth-order valence-electron chi connectivity index (χ4n) is 2.29. The van der Waals surface area contributed by atoms with E-state index in [1.54, 1.807) is 16.8 Å². The van der Waals surface area contributed by atoms with Gasteiger partial charge in [0.05, 0.1) is 11.4 Å². The lowest BCUT2D eigenvalue weighted by atomic mass is 10.2. The molecule has 1 heterocycles. The summed E-state index contributed by atoms with van der Waals surface area (Å²) < 4.78 is 1.64. The van der Waals surface area contributed by atoms with Gasteiger partial charge in [-0.3, -0.25) is 4.79 Å². The molecule has 23 heavy (non-hydrogen) atoms. The Morgan fingerprint density at radius 3 is 2.52 bits per heavy atom. The molecule has 2 aromatic carbocycles. The average Bonchev–Trinajstić information content (AvgIpc) is 2.94. The predicted molar refractivity (Wildman–Crippen MR) is 92.4 cm³/mol. The first kappa shape index (κ1) is 15.3. The van der Waals surface area contributed by atoms with Gasteiger partial charge in [-0.2, -0.15) is 5.10 Å². The number of anilines is 1. The molecule has 0 radical (unpaired) electrons. The minimum absolute atomic E-state index is 0.227. The van der Waals surface area contributed by atoms with Gasteiger partial charge < -0.3 is 5.32 Å². The van der Waals surface area contributed by atoms with Gasteiger partial charge in [0.1, 0.15) is 5.69 Å². The number of amides is 1. The van der Waals surface area contributed by atoms with Crippen molar-refractivity contribution in [2.45, 2.75) is 13.8 Å². The molecule has 0 aliphatic rings. The smallest absolute Gasteiger partial charge is 0.274 e. The van der Waals surface area contributed by atoms with Crippen LogP contribution in [0.5, 0.6) is 0 Å². The Hall–Kier alpha value is -2.59. The Labute approximate surface area is 139 Å². The highest BCUT2D eigenvalue weighted by molar-refractivity contribution is 6.31. The first-order valence-corrected chi connectivity index (χ1v) is 7.62. The number of benzene rings is 2. The largest absolute Gasteiger partial charge is 0.321 e. The molecule has 1 amide bonds. The molecular formula is C18H16ClN3O. The normalized spacial score (nSPS) is 10.6. The first-order chi connectivity index (χ1) is 11.0. The standard InChI is InChI=1S/C18H16ClN3O/c1-12-8-9-14(11-16(12)19)20-18(23)17-10-13(2)21-22(17)15-6-4-3-5-7-15/h3-11H,1-2H3,(H,20,23). The number of halogens is 1. The van der Waals surface area contributed by atoms with Gasteiger partial charge in [-0.1, -0.05) is 35.9 Å². The number of carbonyl (C=O) groups excluding carboxylic acids is 1. The van der Waals surface area contributed by atoms with E-state index in [9.17, 15) is 4.79 Å². The SMILES string of the molecule is Cc1cc(C(=O)Nc2ccc(C)c(Cl)c2)n(-c2ccccc2)n1. The van der Waals surface area contributed by atoms with Gasteiger partial charge in [0.25, 0.3) is 5.91 Å². The maximum absolute atomic E-state index is 12.6. The van der Waals surface area contributed by atoms with Crippen LogP contribution in [0.2, 0.25) is 5.02 Å². The van der Waals surface area contributed by atoms with Gasteiger partial charge in [0.15, 0.2) is 0 Å². The molecule has 0 bridgehead atoms. The maximum atomic E-state index is 12.6. The summed E-state index contributed by atoms with van der Waals surface area (Å²) in [6.07, 6.45) is 0. The van der Waals surface area contributed by atoms with Crippen molar-refractivity contribution in [2.24, 2.45) is 0 Å². The van der Waals surface area contributed by atoms with Crippen molar-refractivity contribution >= 4 is 23.2 Å². The molecule has 0 saturated carbocycles. The number of rotatable bonds is 3. The zero-order valence-electron chi connectivity index (χ0n) is 12.9. The van der Waals surface area contributed by atoms with Crippen molar-refractivity contribution in [3.8, 4) is 5.69 Å². The van der Waals surface area contributed by atoms with E-state index in [4.69, 9.17) is 11.6 Å². The summed E-state index contributed by atoms with van der Waals surface area (Å²) in [6, 6.07) is 16.8. The molecule has 116 valence electrons. The Morgan fingerprint density at radius 1 is 1.09 bits per heavy atom. The van der Waals surface area contributed by atoms with Crippen LogP contribution in [0.1, 0.15) is 21.7 Å². The lowest BCUT2D eigenvalue weighted by Crippen LogP contribution is -2.17. The summed E-state index contributed by atoms with van der Waals surface area (Å²) in [5.41, 5.74) is 3.72. The summed E-state index contributed by atoms with van der Waals surface area (Å²) in [5.74, 6) is -0.227. The average molecular weight is 326 g/mol. The van der Waals surface area contributed by atoms with E-state index in [1.807, 2.05) is 56.3 Å². The topological polar surface area (TPSA) is 46.9 Å². The van der Waals surface area contributed by atoms with E-state index in [0.29, 0.717) is 16.4 Å². The fraction of sp³-hybridized carbons (Fsp3) is 0.111. The third-order valence-corrected chi connectivity index (χ3v) is 3.90. The summed E-state index contributed by atoms with van der Waals surface area (Å²) in [7, 11) is 0.